The van der Waals surface area contributed by atoms with Crippen molar-refractivity contribution in [1.82, 2.24) is 5.32 Å². The van der Waals surface area contributed by atoms with Gasteiger partial charge in [-0.2, -0.15) is 5.26 Å². The minimum absolute atomic E-state index is 0.148. The molecule has 0 aliphatic carbocycles. The van der Waals surface area contributed by atoms with Crippen molar-refractivity contribution < 1.29 is 19.4 Å². The van der Waals surface area contributed by atoms with E-state index in [1.54, 1.807) is 12.1 Å². The van der Waals surface area contributed by atoms with E-state index in [1.165, 1.54) is 6.08 Å². The summed E-state index contributed by atoms with van der Waals surface area (Å²) >= 11 is 0. The molecule has 0 fully saturated rings. The van der Waals surface area contributed by atoms with E-state index in [4.69, 9.17) is 9.52 Å². The lowest BCUT2D eigenvalue weighted by molar-refractivity contribution is -0.117. The van der Waals surface area contributed by atoms with Crippen LogP contribution in [0.3, 0.4) is 0 Å². The molecule has 0 aliphatic heterocycles. The highest BCUT2D eigenvalue weighted by Gasteiger charge is 2.13. The Hall–Kier alpha value is -3.60. The fraction of sp³-hybridized carbons (Fsp3) is 0.217. The molecule has 0 bridgehead atoms. The fourth-order valence-electron chi connectivity index (χ4n) is 2.91. The zero-order valence-electron chi connectivity index (χ0n) is 16.8. The molecule has 1 atom stereocenters. The predicted molar refractivity (Wildman–Crippen MR) is 116 cm³/mol. The van der Waals surface area contributed by atoms with E-state index >= 15 is 0 Å². The number of nitriles is 1. The molecule has 1 aromatic heterocycles. The van der Waals surface area contributed by atoms with Crippen LogP contribution in [0.5, 0.6) is 0 Å². The molecule has 0 spiro atoms. The Labute approximate surface area is 174 Å². The van der Waals surface area contributed by atoms with Crippen LogP contribution in [-0.2, 0) is 4.79 Å². The number of nitrogens with zero attached hydrogens (tertiary/aromatic N) is 2. The van der Waals surface area contributed by atoms with Crippen molar-refractivity contribution in [1.29, 1.82) is 5.26 Å². The monoisotopic (exact) mass is 405 g/mol. The third kappa shape index (κ3) is 4.87. The number of carbonyl (C=O) groups excluding carboxylic acids is 1. The van der Waals surface area contributed by atoms with Gasteiger partial charge in [0.25, 0.3) is 5.91 Å². The molecule has 0 saturated carbocycles. The summed E-state index contributed by atoms with van der Waals surface area (Å²) in [6.07, 6.45) is 0.264. The average molecular weight is 405 g/mol. The van der Waals surface area contributed by atoms with E-state index in [0.717, 1.165) is 22.0 Å². The predicted octanol–water partition coefficient (Wildman–Crippen LogP) is 2.54. The van der Waals surface area contributed by atoms with Crippen LogP contribution in [-0.4, -0.2) is 49.5 Å². The Kier molecular flexibility index (Phi) is 6.52. The third-order valence-electron chi connectivity index (χ3n) is 4.61. The van der Waals surface area contributed by atoms with Crippen molar-refractivity contribution in [2.75, 3.05) is 32.1 Å². The number of benzene rings is 2. The van der Waals surface area contributed by atoms with Crippen LogP contribution in [0.2, 0.25) is 0 Å². The van der Waals surface area contributed by atoms with Gasteiger partial charge in [0.1, 0.15) is 23.2 Å². The number of furan rings is 1. The number of fused-ring (bicyclic) bond motifs is 1. The Morgan fingerprint density at radius 1 is 1.20 bits per heavy atom. The molecule has 1 unspecified atom stereocenters. The molecule has 1 amide bonds. The van der Waals surface area contributed by atoms with Crippen molar-refractivity contribution in [2.45, 2.75) is 6.10 Å². The SMILES string of the molecule is CN(C)c1ccc2cc(-c3ccc(/C=C(\C#N)C(=O)NCC(O)CO)o3)ccc2c1. The summed E-state index contributed by atoms with van der Waals surface area (Å²) in [5, 5.41) is 31.9. The molecular formula is C23H23N3O4. The highest BCUT2D eigenvalue weighted by Crippen LogP contribution is 2.28. The van der Waals surface area contributed by atoms with Gasteiger partial charge in [-0.1, -0.05) is 18.2 Å². The van der Waals surface area contributed by atoms with E-state index in [9.17, 15) is 15.2 Å². The number of nitrogens with one attached hydrogen (secondary N) is 1. The molecule has 3 rings (SSSR count). The maximum absolute atomic E-state index is 12.1. The van der Waals surface area contributed by atoms with Crippen molar-refractivity contribution in [3.63, 3.8) is 0 Å². The van der Waals surface area contributed by atoms with Crippen molar-refractivity contribution in [3.05, 3.63) is 59.9 Å². The number of rotatable bonds is 7. The van der Waals surface area contributed by atoms with Crippen molar-refractivity contribution in [3.8, 4) is 17.4 Å². The van der Waals surface area contributed by atoms with E-state index < -0.39 is 18.6 Å². The zero-order valence-corrected chi connectivity index (χ0v) is 16.8. The quantitative estimate of drug-likeness (QED) is 0.412. The van der Waals surface area contributed by atoms with E-state index in [1.807, 2.05) is 49.3 Å². The smallest absolute Gasteiger partial charge is 0.262 e. The summed E-state index contributed by atoms with van der Waals surface area (Å²) in [6.45, 7) is -0.625. The van der Waals surface area contributed by atoms with Crippen LogP contribution in [0, 0.1) is 11.3 Å². The normalized spacial score (nSPS) is 12.4. The highest BCUT2D eigenvalue weighted by molar-refractivity contribution is 6.01. The molecule has 0 aliphatic rings. The third-order valence-corrected chi connectivity index (χ3v) is 4.61. The number of aliphatic hydroxyl groups is 2. The Balaban J connectivity index is 1.81. The molecule has 154 valence electrons. The lowest BCUT2D eigenvalue weighted by Gasteiger charge is -2.13. The van der Waals surface area contributed by atoms with Gasteiger partial charge >= 0.3 is 0 Å². The number of hydrogen-bond acceptors (Lipinski definition) is 6. The molecule has 0 radical (unpaired) electrons. The minimum Gasteiger partial charge on any atom is -0.457 e. The molecule has 2 aromatic carbocycles. The molecular weight excluding hydrogens is 382 g/mol. The van der Waals surface area contributed by atoms with Gasteiger partial charge < -0.3 is 24.8 Å². The second-order valence-electron chi connectivity index (χ2n) is 7.06. The van der Waals surface area contributed by atoms with Gasteiger partial charge in [0, 0.05) is 38.0 Å². The second kappa shape index (κ2) is 9.27. The van der Waals surface area contributed by atoms with Crippen LogP contribution in [0.25, 0.3) is 28.2 Å². The molecule has 30 heavy (non-hydrogen) atoms. The molecule has 7 heteroatoms. The number of carbonyl (C=O) groups is 1. The van der Waals surface area contributed by atoms with Gasteiger partial charge in [0.05, 0.1) is 12.7 Å². The van der Waals surface area contributed by atoms with E-state index in [-0.39, 0.29) is 12.1 Å². The van der Waals surface area contributed by atoms with E-state index in [0.29, 0.717) is 11.5 Å². The standard InChI is InChI=1S/C23H23N3O4/c1-26(2)19-6-5-15-9-17(4-3-16(15)10-19)22-8-7-21(30-22)11-18(12-24)23(29)25-13-20(28)14-27/h3-11,20,27-28H,13-14H2,1-2H3,(H,25,29)/b18-11+. The lowest BCUT2D eigenvalue weighted by atomic mass is 10.0. The first-order valence-electron chi connectivity index (χ1n) is 9.41. The van der Waals surface area contributed by atoms with Gasteiger partial charge in [0.15, 0.2) is 0 Å². The van der Waals surface area contributed by atoms with Crippen LogP contribution in [0.15, 0.2) is 58.5 Å². The van der Waals surface area contributed by atoms with Crippen LogP contribution >= 0.6 is 0 Å². The largest absolute Gasteiger partial charge is 0.457 e. The van der Waals surface area contributed by atoms with Gasteiger partial charge in [0.2, 0.25) is 0 Å². The lowest BCUT2D eigenvalue weighted by Crippen LogP contribution is -2.34. The van der Waals surface area contributed by atoms with Crippen LogP contribution < -0.4 is 10.2 Å². The van der Waals surface area contributed by atoms with Crippen molar-refractivity contribution in [2.24, 2.45) is 0 Å². The zero-order chi connectivity index (χ0) is 21.7. The maximum atomic E-state index is 12.1. The molecule has 1 heterocycles. The topological polar surface area (TPSA) is 110 Å². The Morgan fingerprint density at radius 2 is 1.93 bits per heavy atom. The number of amides is 1. The van der Waals surface area contributed by atoms with Gasteiger partial charge in [-0.25, -0.2) is 0 Å². The van der Waals surface area contributed by atoms with Gasteiger partial charge in [-0.15, -0.1) is 0 Å². The first kappa shape index (κ1) is 21.1. The molecule has 0 saturated heterocycles. The second-order valence-corrected chi connectivity index (χ2v) is 7.06. The van der Waals surface area contributed by atoms with Gasteiger partial charge in [-0.3, -0.25) is 4.79 Å². The number of anilines is 1. The Morgan fingerprint density at radius 3 is 2.63 bits per heavy atom. The van der Waals surface area contributed by atoms with Crippen LogP contribution in [0.1, 0.15) is 5.76 Å². The number of hydrogen-bond donors (Lipinski definition) is 3. The molecule has 7 nitrogen and oxygen atoms in total. The van der Waals surface area contributed by atoms with Crippen LogP contribution in [0.4, 0.5) is 5.69 Å². The van der Waals surface area contributed by atoms with E-state index in [2.05, 4.69) is 17.4 Å². The summed E-state index contributed by atoms with van der Waals surface area (Å²) in [6, 6.07) is 17.5. The maximum Gasteiger partial charge on any atom is 0.262 e. The minimum atomic E-state index is -1.08. The molecule has 3 N–H and O–H groups in total. The summed E-state index contributed by atoms with van der Waals surface area (Å²) in [4.78, 5) is 14.1. The first-order chi connectivity index (χ1) is 14.4. The summed E-state index contributed by atoms with van der Waals surface area (Å²) in [7, 11) is 4.00. The summed E-state index contributed by atoms with van der Waals surface area (Å²) in [5.41, 5.74) is 1.85. The van der Waals surface area contributed by atoms with Crippen molar-refractivity contribution >= 4 is 28.4 Å². The Bertz CT molecular complexity index is 1120. The fourth-order valence-corrected chi connectivity index (χ4v) is 2.91. The van der Waals surface area contributed by atoms with Gasteiger partial charge in [-0.05, 0) is 41.1 Å². The summed E-state index contributed by atoms with van der Waals surface area (Å²) < 4.78 is 5.80. The highest BCUT2D eigenvalue weighted by atomic mass is 16.3. The summed E-state index contributed by atoms with van der Waals surface area (Å²) in [5.74, 6) is 0.334. The average Bonchev–Trinajstić information content (AvgIpc) is 3.23. The number of aliphatic hydroxyl groups excluding tert-OH is 2. The first-order valence-corrected chi connectivity index (χ1v) is 9.41. The molecule has 3 aromatic rings.